The molecule has 9 heteroatoms. The molecule has 0 saturated heterocycles. The predicted molar refractivity (Wildman–Crippen MR) is 59.2 cm³/mol. The van der Waals surface area contributed by atoms with Crippen molar-refractivity contribution < 1.29 is 17.7 Å². The first-order valence-electron chi connectivity index (χ1n) is 4.95. The Kier molecular flexibility index (Phi) is 4.58. The topological polar surface area (TPSA) is 94.5 Å². The van der Waals surface area contributed by atoms with E-state index < -0.39 is 10.1 Å². The Morgan fingerprint density at radius 2 is 2.29 bits per heavy atom. The third-order valence-electron chi connectivity index (χ3n) is 1.77. The van der Waals surface area contributed by atoms with E-state index >= 15 is 0 Å². The van der Waals surface area contributed by atoms with Crippen LogP contribution in [0.25, 0.3) is 0 Å². The zero-order chi connectivity index (χ0) is 12.9. The molecule has 8 nitrogen and oxygen atoms in total. The van der Waals surface area contributed by atoms with E-state index in [0.29, 0.717) is 6.54 Å². The normalized spacial score (nSPS) is 12.2. The average molecular weight is 261 g/mol. The van der Waals surface area contributed by atoms with Crippen molar-refractivity contribution >= 4 is 16.5 Å². The van der Waals surface area contributed by atoms with Gasteiger partial charge in [-0.1, -0.05) is 9.78 Å². The van der Waals surface area contributed by atoms with Crippen molar-refractivity contribution in [3.8, 4) is 0 Å². The van der Waals surface area contributed by atoms with Gasteiger partial charge in [0.2, 0.25) is 6.33 Å². The van der Waals surface area contributed by atoms with E-state index in [1.807, 2.05) is 14.1 Å². The van der Waals surface area contributed by atoms with Crippen LogP contribution in [-0.2, 0) is 16.7 Å². The molecule has 17 heavy (non-hydrogen) atoms. The highest BCUT2D eigenvalue weighted by atomic mass is 32.2. The highest BCUT2D eigenvalue weighted by Gasteiger charge is 2.05. The maximum atomic E-state index is 10.4. The van der Waals surface area contributed by atoms with Gasteiger partial charge in [0.15, 0.2) is 0 Å². The maximum absolute atomic E-state index is 10.4. The van der Waals surface area contributed by atoms with Gasteiger partial charge in [0.25, 0.3) is 6.33 Å². The highest BCUT2D eigenvalue weighted by Crippen LogP contribution is 1.88. The van der Waals surface area contributed by atoms with Crippen molar-refractivity contribution in [2.75, 3.05) is 19.8 Å². The fourth-order valence-electron chi connectivity index (χ4n) is 1.06. The number of nitrogens with zero attached hydrogens (tertiary/aromatic N) is 5. The second-order valence-electron chi connectivity index (χ2n) is 3.70. The van der Waals surface area contributed by atoms with Crippen LogP contribution < -0.4 is 4.68 Å². The van der Waals surface area contributed by atoms with E-state index in [1.165, 1.54) is 15.7 Å². The molecule has 96 valence electrons. The third-order valence-corrected chi connectivity index (χ3v) is 2.56. The Labute approximate surface area is 99.9 Å². The lowest BCUT2D eigenvalue weighted by molar-refractivity contribution is -0.751. The summed E-state index contributed by atoms with van der Waals surface area (Å²) in [6.07, 6.45) is 4.95. The summed E-state index contributed by atoms with van der Waals surface area (Å²) in [4.78, 5) is 1.77. The minimum Gasteiger partial charge on any atom is -0.748 e. The number of hydrogen-bond donors (Lipinski definition) is 0. The number of aryl methyl sites for hydroxylation is 1. The van der Waals surface area contributed by atoms with Crippen LogP contribution in [-0.4, -0.2) is 53.8 Å². The van der Waals surface area contributed by atoms with Crippen LogP contribution in [0.2, 0.25) is 0 Å². The summed E-state index contributed by atoms with van der Waals surface area (Å²) in [6.45, 7) is 0.367. The van der Waals surface area contributed by atoms with E-state index in [-0.39, 0.29) is 12.2 Å². The molecule has 0 atom stereocenters. The predicted octanol–water partition coefficient (Wildman–Crippen LogP) is -1.54. The molecule has 1 aromatic heterocycles. The first-order chi connectivity index (χ1) is 7.87. The lowest BCUT2D eigenvalue weighted by Crippen LogP contribution is -2.35. The molecule has 1 heterocycles. The first-order valence-corrected chi connectivity index (χ1v) is 6.53. The van der Waals surface area contributed by atoms with E-state index in [1.54, 1.807) is 17.6 Å². The second kappa shape index (κ2) is 5.73. The summed E-state index contributed by atoms with van der Waals surface area (Å²) in [6, 6.07) is 0. The minimum atomic E-state index is -4.14. The van der Waals surface area contributed by atoms with Crippen LogP contribution in [0.4, 0.5) is 0 Å². The highest BCUT2D eigenvalue weighted by molar-refractivity contribution is 7.85. The van der Waals surface area contributed by atoms with Gasteiger partial charge in [-0.05, 0) is 5.10 Å². The fraction of sp³-hybridized carbons (Fsp3) is 0.625. The minimum absolute atomic E-state index is 0.241. The summed E-state index contributed by atoms with van der Waals surface area (Å²) >= 11 is 0. The molecule has 1 aromatic rings. The summed E-state index contributed by atoms with van der Waals surface area (Å²) in [5, 5.41) is 8.00. The summed E-state index contributed by atoms with van der Waals surface area (Å²) < 4.78 is 34.2. The maximum Gasteiger partial charge on any atom is 0.291 e. The third kappa shape index (κ3) is 5.97. The quantitative estimate of drug-likeness (QED) is 0.268. The van der Waals surface area contributed by atoms with Crippen molar-refractivity contribution in [1.29, 1.82) is 0 Å². The Morgan fingerprint density at radius 3 is 2.88 bits per heavy atom. The van der Waals surface area contributed by atoms with Crippen LogP contribution in [0, 0.1) is 0 Å². The summed E-state index contributed by atoms with van der Waals surface area (Å²) in [5.74, 6) is -0.381. The smallest absolute Gasteiger partial charge is 0.291 e. The standard InChI is InChI=1S/C8H15N5O3S/c1-11(2)6-9-13-7-10-12(8-13)4-3-5-17(14,15)16/h6-8H,3-5H2,1-2H3/b9-6+. The number of aromatic nitrogens is 3. The SMILES string of the molecule is CN(C)/C=N/n1cn[n+](CCCS(=O)(=O)[O-])c1. The average Bonchev–Trinajstić information content (AvgIpc) is 2.61. The summed E-state index contributed by atoms with van der Waals surface area (Å²) in [5.41, 5.74) is 0. The van der Waals surface area contributed by atoms with Gasteiger partial charge in [0.1, 0.15) is 12.9 Å². The lowest BCUT2D eigenvalue weighted by atomic mass is 10.5. The molecule has 0 aliphatic heterocycles. The van der Waals surface area contributed by atoms with Crippen LogP contribution in [0.15, 0.2) is 17.8 Å². The Morgan fingerprint density at radius 1 is 1.59 bits per heavy atom. The molecule has 1 rings (SSSR count). The zero-order valence-corrected chi connectivity index (χ0v) is 10.5. The van der Waals surface area contributed by atoms with Gasteiger partial charge in [-0.2, -0.15) is 0 Å². The number of hydrogen-bond acceptors (Lipinski definition) is 5. The molecule has 0 radical (unpaired) electrons. The van der Waals surface area contributed by atoms with Crippen LogP contribution in [0.3, 0.4) is 0 Å². The van der Waals surface area contributed by atoms with Crippen LogP contribution >= 0.6 is 0 Å². The largest absolute Gasteiger partial charge is 0.748 e. The van der Waals surface area contributed by atoms with Crippen molar-refractivity contribution in [2.24, 2.45) is 5.10 Å². The van der Waals surface area contributed by atoms with Gasteiger partial charge in [-0.3, -0.25) is 0 Å². The zero-order valence-electron chi connectivity index (χ0n) is 9.72. The van der Waals surface area contributed by atoms with Crippen molar-refractivity contribution in [1.82, 2.24) is 14.7 Å². The molecule has 0 N–H and O–H groups in total. The van der Waals surface area contributed by atoms with Crippen molar-refractivity contribution in [3.63, 3.8) is 0 Å². The van der Waals surface area contributed by atoms with E-state index in [2.05, 4.69) is 10.2 Å². The Hall–Kier alpha value is -1.48. The molecular weight excluding hydrogens is 246 g/mol. The number of rotatable bonds is 6. The van der Waals surface area contributed by atoms with Crippen LogP contribution in [0.1, 0.15) is 6.42 Å². The molecule has 0 spiro atoms. The van der Waals surface area contributed by atoms with E-state index in [9.17, 15) is 13.0 Å². The molecule has 0 aliphatic carbocycles. The Balaban J connectivity index is 2.46. The van der Waals surface area contributed by atoms with Gasteiger partial charge < -0.3 is 9.45 Å². The molecule has 0 aromatic carbocycles. The lowest BCUT2D eigenvalue weighted by Gasteiger charge is -2.03. The molecule has 0 unspecified atom stereocenters. The van der Waals surface area contributed by atoms with Gasteiger partial charge in [0, 0.05) is 26.3 Å². The molecule has 0 saturated carbocycles. The van der Waals surface area contributed by atoms with Gasteiger partial charge in [-0.25, -0.2) is 8.42 Å². The van der Waals surface area contributed by atoms with Gasteiger partial charge >= 0.3 is 0 Å². The molecule has 0 aliphatic rings. The molecule has 0 amide bonds. The van der Waals surface area contributed by atoms with Crippen molar-refractivity contribution in [2.45, 2.75) is 13.0 Å². The monoisotopic (exact) mass is 261 g/mol. The van der Waals surface area contributed by atoms with Crippen molar-refractivity contribution in [3.05, 3.63) is 12.7 Å². The first kappa shape index (κ1) is 13.6. The van der Waals surface area contributed by atoms with E-state index in [4.69, 9.17) is 0 Å². The molecule has 0 fully saturated rings. The van der Waals surface area contributed by atoms with Crippen LogP contribution in [0.5, 0.6) is 0 Å². The molecule has 0 bridgehead atoms. The van der Waals surface area contributed by atoms with Gasteiger partial charge in [-0.15, -0.1) is 4.68 Å². The molecular formula is C8H15N5O3S. The fourth-order valence-corrected chi connectivity index (χ4v) is 1.54. The second-order valence-corrected chi connectivity index (χ2v) is 5.22. The Bertz CT molecular complexity index is 479. The van der Waals surface area contributed by atoms with Gasteiger partial charge in [0.05, 0.1) is 10.1 Å². The van der Waals surface area contributed by atoms with E-state index in [0.717, 1.165) is 0 Å². The summed E-state index contributed by atoms with van der Waals surface area (Å²) in [7, 11) is -0.461.